The third-order valence-electron chi connectivity index (χ3n) is 7.07. The van der Waals surface area contributed by atoms with Crippen LogP contribution in [0.4, 0.5) is 0 Å². The predicted molar refractivity (Wildman–Crippen MR) is 105 cm³/mol. The number of nitrogens with one attached hydrogen (secondary N) is 2. The summed E-state index contributed by atoms with van der Waals surface area (Å²) in [5.41, 5.74) is 1.87. The van der Waals surface area contributed by atoms with E-state index >= 15 is 0 Å². The van der Waals surface area contributed by atoms with Gasteiger partial charge in [0.15, 0.2) is 0 Å². The van der Waals surface area contributed by atoms with Gasteiger partial charge in [-0.1, -0.05) is 39.0 Å². The summed E-state index contributed by atoms with van der Waals surface area (Å²) in [6.45, 7) is 11.7. The van der Waals surface area contributed by atoms with Crippen molar-refractivity contribution in [1.82, 2.24) is 10.6 Å². The molecule has 4 atom stereocenters. The van der Waals surface area contributed by atoms with Gasteiger partial charge in [0.05, 0.1) is 7.11 Å². The van der Waals surface area contributed by atoms with Crippen molar-refractivity contribution in [2.75, 3.05) is 33.3 Å². The number of ether oxygens (including phenoxy) is 1. The topological polar surface area (TPSA) is 33.3 Å². The van der Waals surface area contributed by atoms with Crippen molar-refractivity contribution < 1.29 is 4.74 Å². The third-order valence-corrected chi connectivity index (χ3v) is 7.07. The van der Waals surface area contributed by atoms with Crippen LogP contribution in [-0.4, -0.2) is 33.3 Å². The molecule has 0 heterocycles. The molecule has 3 aliphatic rings. The normalized spacial score (nSPS) is 29.9. The maximum atomic E-state index is 5.41. The first-order chi connectivity index (χ1) is 12.0. The summed E-state index contributed by atoms with van der Waals surface area (Å²) < 4.78 is 5.41. The molecule has 25 heavy (non-hydrogen) atoms. The van der Waals surface area contributed by atoms with Gasteiger partial charge >= 0.3 is 0 Å². The van der Waals surface area contributed by atoms with Crippen LogP contribution in [0.15, 0.2) is 24.3 Å². The van der Waals surface area contributed by atoms with Gasteiger partial charge in [0, 0.05) is 13.1 Å². The van der Waals surface area contributed by atoms with Crippen molar-refractivity contribution in [3.8, 4) is 5.75 Å². The molecule has 0 aliphatic heterocycles. The van der Waals surface area contributed by atoms with E-state index in [9.17, 15) is 0 Å². The van der Waals surface area contributed by atoms with Crippen LogP contribution in [0.25, 0.3) is 0 Å². The van der Waals surface area contributed by atoms with Crippen LogP contribution < -0.4 is 15.4 Å². The van der Waals surface area contributed by atoms with Crippen LogP contribution in [0.2, 0.25) is 0 Å². The number of rotatable bonds is 9. The Hall–Kier alpha value is -1.06. The Kier molecular flexibility index (Phi) is 6.06. The molecular formula is C22H36N2O. The van der Waals surface area contributed by atoms with Crippen LogP contribution in [-0.2, 0) is 6.42 Å². The number of benzene rings is 1. The molecule has 3 nitrogen and oxygen atoms in total. The average molecular weight is 345 g/mol. The molecule has 0 aromatic heterocycles. The lowest BCUT2D eigenvalue weighted by molar-refractivity contribution is -0.129. The molecule has 0 radical (unpaired) electrons. The number of para-hydroxylation sites is 1. The molecule has 2 N–H and O–H groups in total. The second-order valence-electron chi connectivity index (χ2n) is 8.75. The van der Waals surface area contributed by atoms with Crippen molar-refractivity contribution in [3.05, 3.63) is 29.8 Å². The molecule has 1 aromatic carbocycles. The van der Waals surface area contributed by atoms with Gasteiger partial charge in [-0.2, -0.15) is 0 Å². The first kappa shape index (κ1) is 18.7. The zero-order chi connectivity index (χ0) is 17.9. The SMILES string of the molecule is COc1ccccc1CCNCCNC[C@@H]1[C@@H](C)C[C@H]2C[C@@H]1C2(C)C. The van der Waals surface area contributed by atoms with Crippen molar-refractivity contribution >= 4 is 0 Å². The standard InChI is InChI=1S/C22H36N2O/c1-16-13-18-14-20(22(18,2)3)19(16)15-24-12-11-23-10-9-17-7-5-6-8-21(17)25-4/h5-8,16,18-20,23-24H,9-15H2,1-4H3/t16-,18-,19+,20-/m0/s1. The minimum absolute atomic E-state index is 0.589. The molecule has 2 bridgehead atoms. The summed E-state index contributed by atoms with van der Waals surface area (Å²) in [5.74, 6) is 4.68. The highest BCUT2D eigenvalue weighted by molar-refractivity contribution is 5.33. The molecule has 0 spiro atoms. The summed E-state index contributed by atoms with van der Waals surface area (Å²) in [6.07, 6.45) is 3.93. The van der Waals surface area contributed by atoms with E-state index in [4.69, 9.17) is 4.74 Å². The largest absolute Gasteiger partial charge is 0.496 e. The fourth-order valence-electron chi connectivity index (χ4n) is 5.25. The van der Waals surface area contributed by atoms with Gasteiger partial charge in [-0.15, -0.1) is 0 Å². The van der Waals surface area contributed by atoms with Gasteiger partial charge in [-0.05, 0) is 73.1 Å². The molecular weight excluding hydrogens is 308 g/mol. The van der Waals surface area contributed by atoms with Crippen molar-refractivity contribution in [2.45, 2.75) is 40.0 Å². The van der Waals surface area contributed by atoms with E-state index in [1.807, 2.05) is 12.1 Å². The van der Waals surface area contributed by atoms with E-state index in [-0.39, 0.29) is 0 Å². The van der Waals surface area contributed by atoms with Crippen molar-refractivity contribution in [2.24, 2.45) is 29.1 Å². The highest BCUT2D eigenvalue weighted by atomic mass is 16.5. The lowest BCUT2D eigenvalue weighted by atomic mass is 9.43. The minimum atomic E-state index is 0.589. The van der Waals surface area contributed by atoms with Gasteiger partial charge in [0.2, 0.25) is 0 Å². The number of hydrogen-bond donors (Lipinski definition) is 2. The quantitative estimate of drug-likeness (QED) is 0.670. The molecule has 3 saturated carbocycles. The fourth-order valence-corrected chi connectivity index (χ4v) is 5.25. The van der Waals surface area contributed by atoms with Crippen LogP contribution >= 0.6 is 0 Å². The maximum Gasteiger partial charge on any atom is 0.122 e. The highest BCUT2D eigenvalue weighted by Crippen LogP contribution is 2.62. The number of fused-ring (bicyclic) bond motifs is 2. The molecule has 0 unspecified atom stereocenters. The Bertz CT molecular complexity index is 557. The van der Waals surface area contributed by atoms with Crippen molar-refractivity contribution in [1.29, 1.82) is 0 Å². The lowest BCUT2D eigenvalue weighted by Gasteiger charge is -2.62. The first-order valence-electron chi connectivity index (χ1n) is 10.1. The third kappa shape index (κ3) is 4.03. The summed E-state index contributed by atoms with van der Waals surface area (Å²) in [6, 6.07) is 8.29. The van der Waals surface area contributed by atoms with Crippen LogP contribution in [0.3, 0.4) is 0 Å². The van der Waals surface area contributed by atoms with E-state index in [1.54, 1.807) is 7.11 Å². The Morgan fingerprint density at radius 2 is 1.84 bits per heavy atom. The summed E-state index contributed by atoms with van der Waals surface area (Å²) >= 11 is 0. The number of methoxy groups -OCH3 is 1. The Labute approximate surface area is 153 Å². The van der Waals surface area contributed by atoms with Crippen molar-refractivity contribution in [3.63, 3.8) is 0 Å². The first-order valence-corrected chi connectivity index (χ1v) is 10.1. The lowest BCUT2D eigenvalue weighted by Crippen LogP contribution is -2.57. The highest BCUT2D eigenvalue weighted by Gasteiger charge is 2.56. The summed E-state index contributed by atoms with van der Waals surface area (Å²) in [7, 11) is 1.74. The Morgan fingerprint density at radius 1 is 1.08 bits per heavy atom. The Balaban J connectivity index is 1.30. The fraction of sp³-hybridized carbons (Fsp3) is 0.727. The zero-order valence-electron chi connectivity index (χ0n) is 16.5. The second-order valence-corrected chi connectivity index (χ2v) is 8.75. The van der Waals surface area contributed by atoms with Gasteiger partial charge in [-0.3, -0.25) is 0 Å². The van der Waals surface area contributed by atoms with Crippen LogP contribution in [0, 0.1) is 29.1 Å². The molecule has 3 heteroatoms. The monoisotopic (exact) mass is 344 g/mol. The van der Waals surface area contributed by atoms with E-state index in [0.29, 0.717) is 5.41 Å². The average Bonchev–Trinajstić information content (AvgIpc) is 2.61. The van der Waals surface area contributed by atoms with E-state index in [0.717, 1.165) is 55.5 Å². The smallest absolute Gasteiger partial charge is 0.122 e. The summed E-state index contributed by atoms with van der Waals surface area (Å²) in [5, 5.41) is 7.27. The maximum absolute atomic E-state index is 5.41. The molecule has 3 aliphatic carbocycles. The van der Waals surface area contributed by atoms with Gasteiger partial charge in [-0.25, -0.2) is 0 Å². The molecule has 4 rings (SSSR count). The van der Waals surface area contributed by atoms with E-state index in [1.165, 1.54) is 24.9 Å². The molecule has 3 fully saturated rings. The van der Waals surface area contributed by atoms with Crippen LogP contribution in [0.5, 0.6) is 5.75 Å². The van der Waals surface area contributed by atoms with E-state index in [2.05, 4.69) is 43.5 Å². The predicted octanol–water partition coefficient (Wildman–Crippen LogP) is 3.74. The minimum Gasteiger partial charge on any atom is -0.496 e. The number of hydrogen-bond acceptors (Lipinski definition) is 3. The van der Waals surface area contributed by atoms with Gasteiger partial charge in [0.1, 0.15) is 5.75 Å². The van der Waals surface area contributed by atoms with Gasteiger partial charge < -0.3 is 15.4 Å². The van der Waals surface area contributed by atoms with E-state index < -0.39 is 0 Å². The van der Waals surface area contributed by atoms with Gasteiger partial charge in [0.25, 0.3) is 0 Å². The second kappa shape index (κ2) is 8.09. The molecule has 0 amide bonds. The summed E-state index contributed by atoms with van der Waals surface area (Å²) in [4.78, 5) is 0. The Morgan fingerprint density at radius 3 is 2.60 bits per heavy atom. The molecule has 1 aromatic rings. The van der Waals surface area contributed by atoms with Crippen LogP contribution in [0.1, 0.15) is 39.2 Å². The zero-order valence-corrected chi connectivity index (χ0v) is 16.5. The molecule has 140 valence electrons. The molecule has 0 saturated heterocycles.